The second-order valence-corrected chi connectivity index (χ2v) is 34.4. The summed E-state index contributed by atoms with van der Waals surface area (Å²) in [7, 11) is 3.61. The average Bonchev–Trinajstić information content (AvgIpc) is 1.42. The lowest BCUT2D eigenvalue weighted by molar-refractivity contribution is -0.137. The number of nitrogens with zero attached hydrogens (tertiary/aromatic N) is 30. The van der Waals surface area contributed by atoms with Crippen LogP contribution in [0.5, 0.6) is 5.75 Å². The van der Waals surface area contributed by atoms with Crippen molar-refractivity contribution in [3.63, 3.8) is 0 Å². The van der Waals surface area contributed by atoms with Crippen LogP contribution in [0.2, 0.25) is 10.0 Å². The summed E-state index contributed by atoms with van der Waals surface area (Å²) in [6.45, 7) is 24.5. The summed E-state index contributed by atoms with van der Waals surface area (Å²) in [6.07, 6.45) is 22.8. The second kappa shape index (κ2) is 43.9. The molecule has 0 bridgehead atoms. The molecule has 0 fully saturated rings. The molecule has 0 amide bonds. The van der Waals surface area contributed by atoms with Crippen LogP contribution in [0.4, 0.5) is 75.3 Å². The molecule has 730 valence electrons. The van der Waals surface area contributed by atoms with Gasteiger partial charge in [-0.3, -0.25) is 30.8 Å². The molecule has 42 heteroatoms. The molecule has 0 spiro atoms. The molecule has 0 saturated heterocycles. The normalized spacial score (nSPS) is 11.6. The third kappa shape index (κ3) is 22.4. The summed E-state index contributed by atoms with van der Waals surface area (Å²) >= 11 is 11.9. The second-order valence-electron chi connectivity index (χ2n) is 33.6. The Morgan fingerprint density at radius 3 is 1.40 bits per heavy atom. The molecular weight excluding hydrogens is 1880 g/mol. The molecule has 0 aliphatic carbocycles. The predicted molar refractivity (Wildman–Crippen MR) is 548 cm³/mol. The van der Waals surface area contributed by atoms with Crippen molar-refractivity contribution in [2.45, 2.75) is 121 Å². The number of ether oxygens (including phenoxy) is 1. The number of hydrogen-bond donors (Lipinski definition) is 5. The van der Waals surface area contributed by atoms with Gasteiger partial charge < -0.3 is 41.1 Å². The zero-order chi connectivity index (χ0) is 101. The van der Waals surface area contributed by atoms with Crippen molar-refractivity contribution in [1.82, 2.24) is 137 Å². The average molecular weight is 1980 g/mol. The van der Waals surface area contributed by atoms with Crippen LogP contribution in [0.3, 0.4) is 0 Å². The number of nitrogens with one attached hydrogen (secondary N) is 5. The minimum Gasteiger partial charge on any atom is -0.496 e. The molecule has 22 aromatic rings. The van der Waals surface area contributed by atoms with Crippen molar-refractivity contribution < 1.29 is 22.3 Å². The number of aromatic nitrogens is 28. The van der Waals surface area contributed by atoms with Crippen LogP contribution in [-0.4, -0.2) is 158 Å². The number of benzene rings is 8. The van der Waals surface area contributed by atoms with E-state index in [2.05, 4.69) is 237 Å². The van der Waals surface area contributed by atoms with Crippen LogP contribution in [0, 0.1) is 82.0 Å². The maximum atomic E-state index is 13.0. The van der Waals surface area contributed by atoms with E-state index in [9.17, 15) is 17.6 Å². The summed E-state index contributed by atoms with van der Waals surface area (Å²) in [4.78, 5) is 34.6. The van der Waals surface area contributed by atoms with Crippen molar-refractivity contribution in [2.75, 3.05) is 57.1 Å². The maximum Gasteiger partial charge on any atom is 0.416 e. The Bertz CT molecular complexity index is 8300. The van der Waals surface area contributed by atoms with Crippen LogP contribution >= 0.6 is 23.2 Å². The molecule has 0 saturated carbocycles. The van der Waals surface area contributed by atoms with Crippen molar-refractivity contribution in [3.8, 4) is 5.75 Å². The van der Waals surface area contributed by atoms with Crippen LogP contribution in [0.15, 0.2) is 251 Å². The predicted octanol–water partition coefficient (Wildman–Crippen LogP) is 19.9. The molecule has 1 aliphatic heterocycles. The summed E-state index contributed by atoms with van der Waals surface area (Å²) in [5.41, 5.74) is 17.0. The molecule has 0 unspecified atom stereocenters. The summed E-state index contributed by atoms with van der Waals surface area (Å²) in [5, 5.41) is 76.9. The Morgan fingerprint density at radius 2 is 0.847 bits per heavy atom. The van der Waals surface area contributed by atoms with E-state index in [4.69, 9.17) is 27.9 Å². The Hall–Kier alpha value is -17.4. The first-order valence-corrected chi connectivity index (χ1v) is 46.4. The van der Waals surface area contributed by atoms with Crippen LogP contribution in [-0.2, 0) is 38.8 Å². The van der Waals surface area contributed by atoms with Gasteiger partial charge in [0.25, 0.3) is 0 Å². The SMILES string of the molecule is COc1ccccc1CNc1nccn2c(C)nnc12.Cc1cc(CNc2nccn3c(C)nnc23)cc(C(F)(F)F)c1.Cc1ccc2c(c1)CCCN2c1nccn2c(C)nnc12.Cc1cccc(CNc2nccn3c(C)nnc23)c1C.Cc1nnc2c(N(C)c3ccc(Cl)cc3)nccn12.Cc1nnc2c(NCc3cccc4ccccc34)nccn12.Cc1nnc2c(Nc3ccc(F)cc3Cl)nccn12. The molecule has 144 heavy (non-hydrogen) atoms. The number of halogens is 6. The third-order valence-corrected chi connectivity index (χ3v) is 24.4. The molecule has 0 radical (unpaired) electrons. The van der Waals surface area contributed by atoms with Crippen molar-refractivity contribution >= 4 is 131 Å². The smallest absolute Gasteiger partial charge is 0.416 e. The highest BCUT2D eigenvalue weighted by atomic mass is 35.5. The van der Waals surface area contributed by atoms with Crippen molar-refractivity contribution in [1.29, 1.82) is 0 Å². The monoisotopic (exact) mass is 1980 g/mol. The fourth-order valence-electron chi connectivity index (χ4n) is 16.2. The van der Waals surface area contributed by atoms with Gasteiger partial charge in [-0.1, -0.05) is 131 Å². The van der Waals surface area contributed by atoms with E-state index in [0.717, 1.165) is 142 Å². The van der Waals surface area contributed by atoms with Crippen molar-refractivity contribution in [2.24, 2.45) is 0 Å². The Balaban J connectivity index is 0.000000115. The molecule has 5 N–H and O–H groups in total. The number of para-hydroxylation sites is 1. The van der Waals surface area contributed by atoms with Gasteiger partial charge in [0.05, 0.1) is 23.4 Å². The molecule has 1 aliphatic rings. The molecule has 0 atom stereocenters. The van der Waals surface area contributed by atoms with Crippen LogP contribution in [0.25, 0.3) is 50.3 Å². The Labute approximate surface area is 832 Å². The quantitative estimate of drug-likeness (QED) is 0.0498. The number of aryl methyl sites for hydroxylation is 11. The van der Waals surface area contributed by atoms with Gasteiger partial charge in [0.1, 0.15) is 52.3 Å². The van der Waals surface area contributed by atoms with Gasteiger partial charge in [0.2, 0.25) is 39.5 Å². The van der Waals surface area contributed by atoms with Gasteiger partial charge in [-0.25, -0.2) is 39.3 Å². The molecular formula is C102H99Cl2F4N35O. The Morgan fingerprint density at radius 1 is 0.403 bits per heavy atom. The standard InChI is InChI=1S/C17H15N5.C16H17N5.C15H14F3N5.C15H17N5.C14H15N5O.C13H12ClN5.C12H9ClFN5/c1-12-20-21-17-16(18-9-10-22(12)17)19-11-14-7-4-6-13-5-2-3-8-15(13)14;1-11-5-6-14-13(10-11)4-3-8-21(14)15-16-19-18-12(2)20(16)9-7-17-15;1-9-5-11(7-12(6-9)15(16,17)18)8-20-13-14-22-21-10(2)23(14)4-3-19-13;1-10-5-4-6-13(11(10)2)9-17-14-15-19-18-12(3)20(15)8-7-16-14;1-10-17-18-14-13(15-7-8-19(10)14)16-9-11-5-3-4-6-12(11)20-2;1-9-16-17-13-12(15-7-8-19(9)13)18(2)11-5-3-10(14)4-6-11;1-7-17-18-12-11(15-4-5-19(7)12)16-10-3-2-8(14)6-9(10)13/h2-10H,11H2,1H3,(H,18,19);5-7,9-10H,3-4,8H2,1-2H3;3-7H,8H2,1-2H3,(H,19,20);4-8H,9H2,1-3H3,(H,16,17);3-8H,9H2,1-2H3,(H,15,16);3-8H,1-2H3;2-6H,1H3,(H,15,16). The van der Waals surface area contributed by atoms with E-state index in [1.807, 2.05) is 161 Å². The molecule has 36 nitrogen and oxygen atoms in total. The molecule has 14 aromatic heterocycles. The molecule has 8 aromatic carbocycles. The Kier molecular flexibility index (Phi) is 30.0. The fraction of sp³-hybridized carbons (Fsp3) is 0.206. The van der Waals surface area contributed by atoms with Gasteiger partial charge >= 0.3 is 6.18 Å². The molecule has 15 heterocycles. The number of hydrogen-bond acceptors (Lipinski definition) is 29. The van der Waals surface area contributed by atoms with Gasteiger partial charge in [-0.05, 0) is 200 Å². The largest absolute Gasteiger partial charge is 0.496 e. The highest BCUT2D eigenvalue weighted by molar-refractivity contribution is 6.33. The lowest BCUT2D eigenvalue weighted by Gasteiger charge is -2.30. The first kappa shape index (κ1) is 98.2. The van der Waals surface area contributed by atoms with E-state index in [1.54, 1.807) is 91.5 Å². The summed E-state index contributed by atoms with van der Waals surface area (Å²) in [6, 6.07) is 51.2. The van der Waals surface area contributed by atoms with Gasteiger partial charge in [-0.15, -0.1) is 71.4 Å². The first-order valence-electron chi connectivity index (χ1n) is 45.7. The number of methoxy groups -OCH3 is 1. The topological polar surface area (TPSA) is 377 Å². The zero-order valence-corrected chi connectivity index (χ0v) is 82.2. The molecule has 23 rings (SSSR count). The van der Waals surface area contributed by atoms with Crippen molar-refractivity contribution in [3.05, 3.63) is 363 Å². The number of rotatable bonds is 18. The number of alkyl halides is 3. The summed E-state index contributed by atoms with van der Waals surface area (Å²) < 4.78 is 70.1. The summed E-state index contributed by atoms with van der Waals surface area (Å²) in [5.74, 6) is 11.0. The van der Waals surface area contributed by atoms with Gasteiger partial charge in [0, 0.05) is 148 Å². The first-order chi connectivity index (χ1) is 69.7. The zero-order valence-electron chi connectivity index (χ0n) is 80.7. The number of anilines is 10. The minimum atomic E-state index is -4.36. The highest BCUT2D eigenvalue weighted by Gasteiger charge is 2.31. The lowest BCUT2D eigenvalue weighted by Crippen LogP contribution is -2.26. The van der Waals surface area contributed by atoms with E-state index >= 15 is 0 Å². The lowest BCUT2D eigenvalue weighted by atomic mass is 9.99. The maximum absolute atomic E-state index is 13.0. The van der Waals surface area contributed by atoms with Gasteiger partial charge in [-0.2, -0.15) is 13.2 Å². The van der Waals surface area contributed by atoms with E-state index in [-0.39, 0.29) is 17.4 Å². The third-order valence-electron chi connectivity index (χ3n) is 23.8. The minimum absolute atomic E-state index is 0.212. The van der Waals surface area contributed by atoms with E-state index in [1.165, 1.54) is 62.0 Å². The van der Waals surface area contributed by atoms with E-state index in [0.29, 0.717) is 69.5 Å². The van der Waals surface area contributed by atoms with E-state index < -0.39 is 11.7 Å². The van der Waals surface area contributed by atoms with Gasteiger partial charge in [0.15, 0.2) is 40.7 Å². The number of fused-ring (bicyclic) bond motifs is 9. The fourth-order valence-corrected chi connectivity index (χ4v) is 16.5. The highest BCUT2D eigenvalue weighted by Crippen LogP contribution is 2.37. The van der Waals surface area contributed by atoms with Crippen LogP contribution in [0.1, 0.15) is 103 Å². The van der Waals surface area contributed by atoms with Crippen LogP contribution < -0.4 is 41.1 Å².